The Morgan fingerprint density at radius 2 is 1.90 bits per heavy atom. The molecule has 7 nitrogen and oxygen atoms in total. The van der Waals surface area contributed by atoms with Crippen LogP contribution in [0.1, 0.15) is 57.6 Å². The molecule has 7 heteroatoms. The van der Waals surface area contributed by atoms with Gasteiger partial charge >= 0.3 is 6.09 Å². The molecule has 2 heterocycles. The summed E-state index contributed by atoms with van der Waals surface area (Å²) in [6.45, 7) is 6.13. The summed E-state index contributed by atoms with van der Waals surface area (Å²) in [5.41, 5.74) is 1.07. The monoisotopic (exact) mass is 415 g/mol. The molecule has 2 saturated heterocycles. The van der Waals surface area contributed by atoms with E-state index in [9.17, 15) is 14.4 Å². The molecule has 2 aliphatic heterocycles. The first kappa shape index (κ1) is 22.1. The highest BCUT2D eigenvalue weighted by Crippen LogP contribution is 2.28. The minimum atomic E-state index is -0.319. The second-order valence-corrected chi connectivity index (χ2v) is 8.27. The molecule has 0 bridgehead atoms. The van der Waals surface area contributed by atoms with Crippen molar-refractivity contribution in [3.63, 3.8) is 0 Å². The van der Waals surface area contributed by atoms with Crippen LogP contribution in [0.3, 0.4) is 0 Å². The minimum Gasteiger partial charge on any atom is -0.449 e. The molecule has 2 aliphatic rings. The summed E-state index contributed by atoms with van der Waals surface area (Å²) in [6, 6.07) is 9.88. The Labute approximate surface area is 178 Å². The topological polar surface area (TPSA) is 79.0 Å². The minimum absolute atomic E-state index is 0.0242. The van der Waals surface area contributed by atoms with Gasteiger partial charge in [-0.3, -0.25) is 9.59 Å². The number of hydrogen-bond donors (Lipinski definition) is 1. The number of carbonyl (C=O) groups is 3. The molecule has 0 radical (unpaired) electrons. The summed E-state index contributed by atoms with van der Waals surface area (Å²) >= 11 is 0. The normalized spacial score (nSPS) is 20.9. The largest absolute Gasteiger partial charge is 0.449 e. The SMILES string of the molecule is CCCCOC(=O)N1CCC(NC(=O)C2CC(=O)N(C(C)c3ccccc3)C2)CC1. The van der Waals surface area contributed by atoms with Gasteiger partial charge in [0.15, 0.2) is 0 Å². The van der Waals surface area contributed by atoms with Crippen molar-refractivity contribution < 1.29 is 19.1 Å². The Morgan fingerprint density at radius 3 is 2.57 bits per heavy atom. The lowest BCUT2D eigenvalue weighted by Crippen LogP contribution is -2.48. The van der Waals surface area contributed by atoms with Gasteiger partial charge in [0, 0.05) is 32.1 Å². The van der Waals surface area contributed by atoms with Gasteiger partial charge in [-0.2, -0.15) is 0 Å². The van der Waals surface area contributed by atoms with Crippen molar-refractivity contribution in [2.45, 2.75) is 58.0 Å². The fourth-order valence-electron chi connectivity index (χ4n) is 4.11. The molecule has 0 aromatic heterocycles. The highest BCUT2D eigenvalue weighted by molar-refractivity contribution is 5.89. The van der Waals surface area contributed by atoms with Crippen molar-refractivity contribution in [3.05, 3.63) is 35.9 Å². The summed E-state index contributed by atoms with van der Waals surface area (Å²) in [4.78, 5) is 40.8. The molecule has 30 heavy (non-hydrogen) atoms. The van der Waals surface area contributed by atoms with E-state index in [2.05, 4.69) is 12.2 Å². The van der Waals surface area contributed by atoms with Crippen molar-refractivity contribution in [2.75, 3.05) is 26.2 Å². The van der Waals surface area contributed by atoms with Crippen LogP contribution in [0.25, 0.3) is 0 Å². The van der Waals surface area contributed by atoms with Gasteiger partial charge in [-0.15, -0.1) is 0 Å². The van der Waals surface area contributed by atoms with Gasteiger partial charge in [-0.25, -0.2) is 4.79 Å². The van der Waals surface area contributed by atoms with Crippen LogP contribution in [0.5, 0.6) is 0 Å². The molecule has 0 saturated carbocycles. The second-order valence-electron chi connectivity index (χ2n) is 8.27. The highest BCUT2D eigenvalue weighted by Gasteiger charge is 2.38. The van der Waals surface area contributed by atoms with E-state index in [0.717, 1.165) is 18.4 Å². The first-order valence-electron chi connectivity index (χ1n) is 11.1. The maximum Gasteiger partial charge on any atom is 0.409 e. The number of rotatable bonds is 7. The van der Waals surface area contributed by atoms with E-state index in [1.54, 1.807) is 9.80 Å². The molecule has 1 aromatic carbocycles. The second kappa shape index (κ2) is 10.5. The number of carbonyl (C=O) groups excluding carboxylic acids is 3. The van der Waals surface area contributed by atoms with Crippen LogP contribution < -0.4 is 5.32 Å². The Bertz CT molecular complexity index is 731. The van der Waals surface area contributed by atoms with Crippen molar-refractivity contribution in [2.24, 2.45) is 5.92 Å². The highest BCUT2D eigenvalue weighted by atomic mass is 16.6. The number of unbranched alkanes of at least 4 members (excludes halogenated alkanes) is 1. The van der Waals surface area contributed by atoms with Gasteiger partial charge in [0.25, 0.3) is 0 Å². The number of nitrogens with one attached hydrogen (secondary N) is 1. The van der Waals surface area contributed by atoms with Crippen LogP contribution in [-0.2, 0) is 14.3 Å². The van der Waals surface area contributed by atoms with Gasteiger partial charge in [0.05, 0.1) is 18.6 Å². The fourth-order valence-corrected chi connectivity index (χ4v) is 4.11. The number of amides is 3. The number of nitrogens with zero attached hydrogens (tertiary/aromatic N) is 2. The van der Waals surface area contributed by atoms with E-state index in [0.29, 0.717) is 39.1 Å². The molecule has 2 atom stereocenters. The zero-order chi connectivity index (χ0) is 21.5. The Balaban J connectivity index is 1.45. The first-order chi connectivity index (χ1) is 14.5. The maximum absolute atomic E-state index is 12.8. The van der Waals surface area contributed by atoms with Crippen LogP contribution in [0.2, 0.25) is 0 Å². The quantitative estimate of drug-likeness (QED) is 0.694. The number of hydrogen-bond acceptors (Lipinski definition) is 4. The average molecular weight is 416 g/mol. The summed E-state index contributed by atoms with van der Waals surface area (Å²) in [5.74, 6) is -0.355. The van der Waals surface area contributed by atoms with E-state index < -0.39 is 0 Å². The van der Waals surface area contributed by atoms with Gasteiger partial charge in [0.2, 0.25) is 11.8 Å². The van der Waals surface area contributed by atoms with E-state index in [4.69, 9.17) is 4.74 Å². The van der Waals surface area contributed by atoms with Crippen LogP contribution >= 0.6 is 0 Å². The zero-order valence-corrected chi connectivity index (χ0v) is 18.0. The third-order valence-corrected chi connectivity index (χ3v) is 6.10. The van der Waals surface area contributed by atoms with Crippen molar-refractivity contribution in [1.82, 2.24) is 15.1 Å². The number of benzene rings is 1. The molecule has 0 spiro atoms. The summed E-state index contributed by atoms with van der Waals surface area (Å²) in [5, 5.41) is 3.10. The van der Waals surface area contributed by atoms with Crippen LogP contribution in [-0.4, -0.2) is 60.0 Å². The van der Waals surface area contributed by atoms with Crippen molar-refractivity contribution in [3.8, 4) is 0 Å². The van der Waals surface area contributed by atoms with Crippen LogP contribution in [0, 0.1) is 5.92 Å². The number of likely N-dealkylation sites (tertiary alicyclic amines) is 2. The predicted octanol–water partition coefficient (Wildman–Crippen LogP) is 3.11. The predicted molar refractivity (Wildman–Crippen MR) is 114 cm³/mol. The molecular formula is C23H33N3O4. The standard InChI is InChI=1S/C23H33N3O4/c1-3-4-14-30-23(29)25-12-10-20(11-13-25)24-22(28)19-15-21(27)26(16-19)17(2)18-8-6-5-7-9-18/h5-9,17,19-20H,3-4,10-16H2,1-2H3,(H,24,28). The lowest BCUT2D eigenvalue weighted by Gasteiger charge is -2.32. The molecule has 1 N–H and O–H groups in total. The molecule has 2 unspecified atom stereocenters. The number of piperidine rings is 1. The zero-order valence-electron chi connectivity index (χ0n) is 18.0. The molecule has 164 valence electrons. The lowest BCUT2D eigenvalue weighted by atomic mass is 10.0. The number of ether oxygens (including phenoxy) is 1. The van der Waals surface area contributed by atoms with Gasteiger partial charge in [-0.05, 0) is 31.7 Å². The Hall–Kier alpha value is -2.57. The van der Waals surface area contributed by atoms with Gasteiger partial charge in [0.1, 0.15) is 0 Å². The van der Waals surface area contributed by atoms with Crippen LogP contribution in [0.4, 0.5) is 4.79 Å². The summed E-state index contributed by atoms with van der Waals surface area (Å²) in [6.07, 6.45) is 3.27. The maximum atomic E-state index is 12.8. The van der Waals surface area contributed by atoms with Gasteiger partial charge in [-0.1, -0.05) is 43.7 Å². The molecule has 3 rings (SSSR count). The average Bonchev–Trinajstić information content (AvgIpc) is 3.16. The smallest absolute Gasteiger partial charge is 0.409 e. The van der Waals surface area contributed by atoms with E-state index in [1.165, 1.54) is 0 Å². The summed E-state index contributed by atoms with van der Waals surface area (Å²) < 4.78 is 5.26. The van der Waals surface area contributed by atoms with E-state index >= 15 is 0 Å². The van der Waals surface area contributed by atoms with Gasteiger partial charge < -0.3 is 19.9 Å². The first-order valence-corrected chi connectivity index (χ1v) is 11.1. The van der Waals surface area contributed by atoms with E-state index in [-0.39, 0.29) is 42.3 Å². The van der Waals surface area contributed by atoms with Crippen LogP contribution in [0.15, 0.2) is 30.3 Å². The molecule has 0 aliphatic carbocycles. The van der Waals surface area contributed by atoms with Crippen molar-refractivity contribution in [1.29, 1.82) is 0 Å². The third kappa shape index (κ3) is 5.52. The Morgan fingerprint density at radius 1 is 1.20 bits per heavy atom. The molecule has 3 amide bonds. The van der Waals surface area contributed by atoms with Crippen molar-refractivity contribution >= 4 is 17.9 Å². The van der Waals surface area contributed by atoms with E-state index in [1.807, 2.05) is 37.3 Å². The summed E-state index contributed by atoms with van der Waals surface area (Å²) in [7, 11) is 0. The Kier molecular flexibility index (Phi) is 7.71. The molecular weight excluding hydrogens is 382 g/mol. The molecule has 1 aromatic rings. The third-order valence-electron chi connectivity index (χ3n) is 6.10. The molecule has 2 fully saturated rings. The lowest BCUT2D eigenvalue weighted by molar-refractivity contribution is -0.130. The fraction of sp³-hybridized carbons (Fsp3) is 0.609.